The molecule has 1 amide bonds. The van der Waals surface area contributed by atoms with Crippen molar-refractivity contribution >= 4 is 39.8 Å². The average molecular weight is 367 g/mol. The predicted molar refractivity (Wildman–Crippen MR) is 90.3 cm³/mol. The number of nitrogens with one attached hydrogen (secondary N) is 1. The minimum atomic E-state index is -3.41. The number of sulfone groups is 1. The highest BCUT2D eigenvalue weighted by molar-refractivity contribution is 7.92. The number of nitrogens with zero attached hydrogens (tertiary/aromatic N) is 1. The maximum atomic E-state index is 12.5. The normalized spacial score (nSPS) is 20.1. The molecule has 1 aromatic rings. The number of rotatable bonds is 3. The van der Waals surface area contributed by atoms with Crippen molar-refractivity contribution in [3.05, 3.63) is 34.9 Å². The van der Waals surface area contributed by atoms with Crippen LogP contribution < -0.4 is 5.32 Å². The molecule has 1 aliphatic rings. The van der Waals surface area contributed by atoms with Gasteiger partial charge in [0.25, 0.3) is 0 Å². The second-order valence-corrected chi connectivity index (χ2v) is 8.02. The van der Waals surface area contributed by atoms with Crippen LogP contribution >= 0.6 is 24.0 Å². The Labute approximate surface area is 142 Å². The van der Waals surface area contributed by atoms with Crippen molar-refractivity contribution < 1.29 is 13.2 Å². The number of halogens is 2. The Morgan fingerprint density at radius 1 is 1.41 bits per heavy atom. The first kappa shape index (κ1) is 19.2. The summed E-state index contributed by atoms with van der Waals surface area (Å²) in [4.78, 5) is 14.1. The van der Waals surface area contributed by atoms with E-state index in [1.54, 1.807) is 11.0 Å². The van der Waals surface area contributed by atoms with Crippen LogP contribution in [0.3, 0.4) is 0 Å². The van der Waals surface area contributed by atoms with Gasteiger partial charge in [-0.1, -0.05) is 29.8 Å². The van der Waals surface area contributed by atoms with Gasteiger partial charge in [0.05, 0.1) is 6.04 Å². The Morgan fingerprint density at radius 3 is 2.64 bits per heavy atom. The van der Waals surface area contributed by atoms with Crippen LogP contribution in [-0.2, 0) is 14.6 Å². The lowest BCUT2D eigenvalue weighted by atomic mass is 10.0. The van der Waals surface area contributed by atoms with Crippen LogP contribution in [0.15, 0.2) is 24.3 Å². The molecule has 1 aliphatic heterocycles. The van der Waals surface area contributed by atoms with Gasteiger partial charge in [-0.05, 0) is 18.6 Å². The first-order chi connectivity index (χ1) is 9.82. The molecule has 0 aliphatic carbocycles. The molecule has 5 nitrogen and oxygen atoms in total. The van der Waals surface area contributed by atoms with Gasteiger partial charge in [-0.15, -0.1) is 12.4 Å². The third-order valence-corrected chi connectivity index (χ3v) is 5.61. The third-order valence-electron chi connectivity index (χ3n) is 3.78. The standard InChI is InChI=1S/C14H19ClN2O3S.ClH/c1-10(21(2,19)20)14(18)17-8-7-16-9-13(17)11-5-3-4-6-12(11)15;/h3-6,10,13,16H,7-9H2,1-2H3;1H. The Morgan fingerprint density at radius 2 is 2.05 bits per heavy atom. The van der Waals surface area contributed by atoms with Crippen LogP contribution in [0.2, 0.25) is 5.02 Å². The zero-order valence-electron chi connectivity index (χ0n) is 12.5. The van der Waals surface area contributed by atoms with Gasteiger partial charge in [0.1, 0.15) is 5.25 Å². The zero-order valence-corrected chi connectivity index (χ0v) is 14.8. The summed E-state index contributed by atoms with van der Waals surface area (Å²) in [7, 11) is -3.41. The smallest absolute Gasteiger partial charge is 0.241 e. The molecule has 0 bridgehead atoms. The van der Waals surface area contributed by atoms with Crippen LogP contribution in [0.5, 0.6) is 0 Å². The Hall–Kier alpha value is -0.820. The van der Waals surface area contributed by atoms with Crippen molar-refractivity contribution in [2.45, 2.75) is 18.2 Å². The summed E-state index contributed by atoms with van der Waals surface area (Å²) in [5.41, 5.74) is 0.834. The second-order valence-electron chi connectivity index (χ2n) is 5.24. The maximum absolute atomic E-state index is 12.5. The third kappa shape index (κ3) is 4.13. The highest BCUT2D eigenvalue weighted by Crippen LogP contribution is 2.29. The minimum absolute atomic E-state index is 0. The van der Waals surface area contributed by atoms with Crippen LogP contribution in [0.1, 0.15) is 18.5 Å². The van der Waals surface area contributed by atoms with Crippen molar-refractivity contribution in [3.8, 4) is 0 Å². The molecule has 0 aromatic heterocycles. The average Bonchev–Trinajstić information content (AvgIpc) is 2.45. The molecule has 1 aromatic carbocycles. The fraction of sp³-hybridized carbons (Fsp3) is 0.500. The van der Waals surface area contributed by atoms with Crippen molar-refractivity contribution in [2.75, 3.05) is 25.9 Å². The molecule has 2 unspecified atom stereocenters. The summed E-state index contributed by atoms with van der Waals surface area (Å²) in [5, 5.41) is 2.76. The highest BCUT2D eigenvalue weighted by atomic mass is 35.5. The topological polar surface area (TPSA) is 66.5 Å². The molecule has 1 N–H and O–H groups in total. The maximum Gasteiger partial charge on any atom is 0.241 e. The van der Waals surface area contributed by atoms with E-state index < -0.39 is 15.1 Å². The predicted octanol–water partition coefficient (Wildman–Crippen LogP) is 1.67. The zero-order chi connectivity index (χ0) is 15.6. The lowest BCUT2D eigenvalue weighted by Crippen LogP contribution is -2.52. The van der Waals surface area contributed by atoms with E-state index >= 15 is 0 Å². The SMILES string of the molecule is CC(C(=O)N1CCNCC1c1ccccc1Cl)S(C)(=O)=O.Cl. The molecule has 1 fully saturated rings. The van der Waals surface area contributed by atoms with Crippen molar-refractivity contribution in [1.29, 1.82) is 0 Å². The van der Waals surface area contributed by atoms with Crippen LogP contribution in [0, 0.1) is 0 Å². The molecule has 1 heterocycles. The molecular weight excluding hydrogens is 347 g/mol. The number of hydrogen-bond donors (Lipinski definition) is 1. The Bertz CT molecular complexity index is 637. The van der Waals surface area contributed by atoms with Gasteiger partial charge >= 0.3 is 0 Å². The van der Waals surface area contributed by atoms with E-state index in [2.05, 4.69) is 5.32 Å². The Balaban J connectivity index is 0.00000242. The number of carbonyl (C=O) groups excluding carboxylic acids is 1. The fourth-order valence-electron chi connectivity index (χ4n) is 2.41. The molecule has 1 saturated heterocycles. The first-order valence-electron chi connectivity index (χ1n) is 6.77. The van der Waals surface area contributed by atoms with Gasteiger partial charge in [-0.3, -0.25) is 4.79 Å². The van der Waals surface area contributed by atoms with E-state index in [4.69, 9.17) is 11.6 Å². The van der Waals surface area contributed by atoms with Gasteiger partial charge in [0.2, 0.25) is 5.91 Å². The van der Waals surface area contributed by atoms with E-state index in [1.807, 2.05) is 18.2 Å². The van der Waals surface area contributed by atoms with Gasteiger partial charge in [0.15, 0.2) is 9.84 Å². The van der Waals surface area contributed by atoms with E-state index in [9.17, 15) is 13.2 Å². The van der Waals surface area contributed by atoms with Crippen LogP contribution in [0.25, 0.3) is 0 Å². The first-order valence-corrected chi connectivity index (χ1v) is 9.10. The summed E-state index contributed by atoms with van der Waals surface area (Å²) in [6.07, 6.45) is 1.09. The lowest BCUT2D eigenvalue weighted by Gasteiger charge is -2.38. The van der Waals surface area contributed by atoms with Gasteiger partial charge in [-0.25, -0.2) is 8.42 Å². The number of carbonyl (C=O) groups is 1. The number of piperazine rings is 1. The molecular formula is C14H20Cl2N2O3S. The molecule has 8 heteroatoms. The van der Waals surface area contributed by atoms with Crippen molar-refractivity contribution in [1.82, 2.24) is 10.2 Å². The largest absolute Gasteiger partial charge is 0.332 e. The van der Waals surface area contributed by atoms with Crippen LogP contribution in [-0.4, -0.2) is 50.4 Å². The molecule has 0 saturated carbocycles. The van der Waals surface area contributed by atoms with E-state index in [0.29, 0.717) is 24.7 Å². The van der Waals surface area contributed by atoms with E-state index in [1.165, 1.54) is 6.92 Å². The number of benzene rings is 1. The van der Waals surface area contributed by atoms with E-state index in [-0.39, 0.29) is 24.4 Å². The molecule has 2 rings (SSSR count). The summed E-state index contributed by atoms with van der Waals surface area (Å²) >= 11 is 6.21. The monoisotopic (exact) mass is 366 g/mol. The molecule has 22 heavy (non-hydrogen) atoms. The summed E-state index contributed by atoms with van der Waals surface area (Å²) in [6, 6.07) is 7.08. The van der Waals surface area contributed by atoms with E-state index in [0.717, 1.165) is 11.8 Å². The summed E-state index contributed by atoms with van der Waals surface area (Å²) < 4.78 is 23.3. The Kier molecular flexibility index (Phi) is 6.67. The number of amides is 1. The highest BCUT2D eigenvalue weighted by Gasteiger charge is 2.35. The number of hydrogen-bond acceptors (Lipinski definition) is 4. The summed E-state index contributed by atoms with van der Waals surface area (Å²) in [6.45, 7) is 3.10. The van der Waals surface area contributed by atoms with Crippen LogP contribution in [0.4, 0.5) is 0 Å². The lowest BCUT2D eigenvalue weighted by molar-refractivity contribution is -0.133. The fourth-order valence-corrected chi connectivity index (χ4v) is 3.17. The van der Waals surface area contributed by atoms with Crippen molar-refractivity contribution in [3.63, 3.8) is 0 Å². The minimum Gasteiger partial charge on any atom is -0.332 e. The quantitative estimate of drug-likeness (QED) is 0.883. The second kappa shape index (κ2) is 7.64. The van der Waals surface area contributed by atoms with Gasteiger partial charge in [-0.2, -0.15) is 0 Å². The molecule has 2 atom stereocenters. The van der Waals surface area contributed by atoms with Crippen molar-refractivity contribution in [2.24, 2.45) is 0 Å². The molecule has 0 radical (unpaired) electrons. The summed E-state index contributed by atoms with van der Waals surface area (Å²) in [5.74, 6) is -0.371. The van der Waals surface area contributed by atoms with Gasteiger partial charge < -0.3 is 10.2 Å². The molecule has 0 spiro atoms. The molecule has 124 valence electrons. The van der Waals surface area contributed by atoms with Gasteiger partial charge in [0, 0.05) is 30.9 Å².